The van der Waals surface area contributed by atoms with Crippen molar-refractivity contribution < 1.29 is 4.74 Å². The summed E-state index contributed by atoms with van der Waals surface area (Å²) in [5.74, 6) is 1.79. The van der Waals surface area contributed by atoms with Crippen molar-refractivity contribution in [3.63, 3.8) is 0 Å². The lowest BCUT2D eigenvalue weighted by molar-refractivity contribution is 0.307. The Morgan fingerprint density at radius 2 is 1.96 bits per heavy atom. The minimum atomic E-state index is 0.742. The molecule has 0 atom stereocenters. The van der Waals surface area contributed by atoms with Gasteiger partial charge in [-0.25, -0.2) is 0 Å². The Bertz CT molecular complexity index is 579. The summed E-state index contributed by atoms with van der Waals surface area (Å²) in [4.78, 5) is 5.53. The van der Waals surface area contributed by atoms with E-state index < -0.39 is 0 Å². The summed E-state index contributed by atoms with van der Waals surface area (Å²) in [6, 6.07) is 12.4. The van der Waals surface area contributed by atoms with Gasteiger partial charge in [-0.05, 0) is 43.3 Å². The minimum absolute atomic E-state index is 0.742. The number of nitrogens with one attached hydrogen (secondary N) is 2. The fourth-order valence-electron chi connectivity index (χ4n) is 2.06. The molecule has 0 aliphatic carbocycles. The molecule has 2 rings (SSSR count). The summed E-state index contributed by atoms with van der Waals surface area (Å²) in [6.45, 7) is 4.52. The molecule has 0 saturated heterocycles. The van der Waals surface area contributed by atoms with Crippen LogP contribution in [0.25, 0.3) is 0 Å². The van der Waals surface area contributed by atoms with Crippen molar-refractivity contribution in [3.8, 4) is 5.75 Å². The number of hydrogen-bond acceptors (Lipinski definition) is 3. The highest BCUT2D eigenvalue weighted by Crippen LogP contribution is 2.11. The second-order valence-corrected chi connectivity index (χ2v) is 6.33. The van der Waals surface area contributed by atoms with Crippen LogP contribution in [0.15, 0.2) is 46.8 Å². The zero-order chi connectivity index (χ0) is 16.3. The second kappa shape index (κ2) is 9.90. The highest BCUT2D eigenvalue weighted by atomic mass is 32.1. The maximum Gasteiger partial charge on any atom is 0.191 e. The van der Waals surface area contributed by atoms with E-state index >= 15 is 0 Å². The van der Waals surface area contributed by atoms with Gasteiger partial charge in [0, 0.05) is 18.5 Å². The van der Waals surface area contributed by atoms with E-state index in [1.807, 2.05) is 12.1 Å². The Kier molecular flexibility index (Phi) is 7.46. The Hall–Kier alpha value is -2.01. The fraction of sp³-hybridized carbons (Fsp3) is 0.389. The normalized spacial score (nSPS) is 11.3. The summed E-state index contributed by atoms with van der Waals surface area (Å²) in [5.41, 5.74) is 1.25. The summed E-state index contributed by atoms with van der Waals surface area (Å²) < 4.78 is 5.72. The van der Waals surface area contributed by atoms with E-state index in [9.17, 15) is 0 Å². The van der Waals surface area contributed by atoms with E-state index in [1.165, 1.54) is 10.4 Å². The topological polar surface area (TPSA) is 45.7 Å². The van der Waals surface area contributed by atoms with Gasteiger partial charge in [0.15, 0.2) is 5.96 Å². The zero-order valence-electron chi connectivity index (χ0n) is 13.8. The quantitative estimate of drug-likeness (QED) is 0.441. The third-order valence-electron chi connectivity index (χ3n) is 3.39. The van der Waals surface area contributed by atoms with Crippen LogP contribution in [0.3, 0.4) is 0 Å². The van der Waals surface area contributed by atoms with Gasteiger partial charge >= 0.3 is 0 Å². The van der Waals surface area contributed by atoms with Gasteiger partial charge in [0.05, 0.1) is 13.2 Å². The van der Waals surface area contributed by atoms with Gasteiger partial charge in [0.1, 0.15) is 5.75 Å². The monoisotopic (exact) mass is 331 g/mol. The highest BCUT2D eigenvalue weighted by Gasteiger charge is 1.99. The van der Waals surface area contributed by atoms with E-state index in [-0.39, 0.29) is 0 Å². The van der Waals surface area contributed by atoms with Gasteiger partial charge in [0.25, 0.3) is 0 Å². The molecule has 0 spiro atoms. The van der Waals surface area contributed by atoms with Crippen LogP contribution in [0.5, 0.6) is 5.75 Å². The molecule has 23 heavy (non-hydrogen) atoms. The molecule has 2 aromatic rings. The van der Waals surface area contributed by atoms with Crippen molar-refractivity contribution in [2.75, 3.05) is 20.2 Å². The van der Waals surface area contributed by atoms with Crippen LogP contribution in [0, 0.1) is 6.92 Å². The molecule has 0 fully saturated rings. The van der Waals surface area contributed by atoms with Crippen molar-refractivity contribution in [1.82, 2.24) is 10.6 Å². The van der Waals surface area contributed by atoms with Gasteiger partial charge in [-0.15, -0.1) is 11.3 Å². The Balaban J connectivity index is 1.54. The van der Waals surface area contributed by atoms with Crippen LogP contribution < -0.4 is 15.4 Å². The summed E-state index contributed by atoms with van der Waals surface area (Å²) in [6.07, 6.45) is 2.06. The predicted octanol–water partition coefficient (Wildman–Crippen LogP) is 3.58. The third kappa shape index (κ3) is 6.74. The van der Waals surface area contributed by atoms with Gasteiger partial charge < -0.3 is 15.4 Å². The maximum absolute atomic E-state index is 5.72. The lowest BCUT2D eigenvalue weighted by Crippen LogP contribution is -2.37. The van der Waals surface area contributed by atoms with E-state index in [1.54, 1.807) is 18.4 Å². The molecule has 124 valence electrons. The van der Waals surface area contributed by atoms with Crippen molar-refractivity contribution >= 4 is 17.3 Å². The SMILES string of the molecule is CN=C(NCCCCOc1ccc(C)cc1)NCc1cccs1. The Morgan fingerprint density at radius 1 is 1.13 bits per heavy atom. The van der Waals surface area contributed by atoms with E-state index in [2.05, 4.69) is 52.2 Å². The molecule has 0 radical (unpaired) electrons. The number of benzene rings is 1. The van der Waals surface area contributed by atoms with E-state index in [0.717, 1.165) is 44.2 Å². The largest absolute Gasteiger partial charge is 0.494 e. The van der Waals surface area contributed by atoms with Crippen LogP contribution in [0.2, 0.25) is 0 Å². The first-order valence-corrected chi connectivity index (χ1v) is 8.82. The Labute approximate surface area is 142 Å². The van der Waals surface area contributed by atoms with Gasteiger partial charge in [0.2, 0.25) is 0 Å². The van der Waals surface area contributed by atoms with Crippen LogP contribution in [0.4, 0.5) is 0 Å². The van der Waals surface area contributed by atoms with E-state index in [4.69, 9.17) is 4.74 Å². The van der Waals surface area contributed by atoms with Gasteiger partial charge in [-0.1, -0.05) is 23.8 Å². The molecule has 5 heteroatoms. The number of guanidine groups is 1. The molecule has 0 amide bonds. The third-order valence-corrected chi connectivity index (χ3v) is 4.26. The molecule has 0 saturated carbocycles. The van der Waals surface area contributed by atoms with Crippen molar-refractivity contribution in [1.29, 1.82) is 0 Å². The van der Waals surface area contributed by atoms with Crippen LogP contribution in [-0.2, 0) is 6.54 Å². The molecule has 1 heterocycles. The molecule has 2 N–H and O–H groups in total. The Morgan fingerprint density at radius 3 is 2.65 bits per heavy atom. The molecule has 0 aliphatic heterocycles. The fourth-order valence-corrected chi connectivity index (χ4v) is 2.71. The first kappa shape index (κ1) is 17.3. The van der Waals surface area contributed by atoms with Gasteiger partial charge in [-0.3, -0.25) is 4.99 Å². The number of thiophene rings is 1. The van der Waals surface area contributed by atoms with Gasteiger partial charge in [-0.2, -0.15) is 0 Å². The number of rotatable bonds is 8. The summed E-state index contributed by atoms with van der Waals surface area (Å²) in [5, 5.41) is 8.72. The molecule has 1 aromatic heterocycles. The molecular weight excluding hydrogens is 306 g/mol. The smallest absolute Gasteiger partial charge is 0.191 e. The van der Waals surface area contributed by atoms with Crippen LogP contribution in [0.1, 0.15) is 23.3 Å². The zero-order valence-corrected chi connectivity index (χ0v) is 14.7. The molecule has 0 aliphatic rings. The molecule has 0 bridgehead atoms. The second-order valence-electron chi connectivity index (χ2n) is 5.30. The highest BCUT2D eigenvalue weighted by molar-refractivity contribution is 7.09. The molecular formula is C18H25N3OS. The maximum atomic E-state index is 5.72. The number of ether oxygens (including phenoxy) is 1. The molecule has 4 nitrogen and oxygen atoms in total. The van der Waals surface area contributed by atoms with Crippen LogP contribution >= 0.6 is 11.3 Å². The lowest BCUT2D eigenvalue weighted by atomic mass is 10.2. The number of aliphatic imine (C=N–C) groups is 1. The lowest BCUT2D eigenvalue weighted by Gasteiger charge is -2.11. The average Bonchev–Trinajstić information content (AvgIpc) is 3.08. The number of unbranched alkanes of at least 4 members (excludes halogenated alkanes) is 1. The average molecular weight is 331 g/mol. The van der Waals surface area contributed by atoms with Crippen LogP contribution in [-0.4, -0.2) is 26.2 Å². The molecule has 0 unspecified atom stereocenters. The summed E-state index contributed by atoms with van der Waals surface area (Å²) >= 11 is 1.75. The van der Waals surface area contributed by atoms with Crippen molar-refractivity contribution in [2.24, 2.45) is 4.99 Å². The van der Waals surface area contributed by atoms with Crippen molar-refractivity contribution in [3.05, 3.63) is 52.2 Å². The predicted molar refractivity (Wildman–Crippen MR) is 98.4 cm³/mol. The number of hydrogen-bond donors (Lipinski definition) is 2. The number of nitrogens with zero attached hydrogens (tertiary/aromatic N) is 1. The van der Waals surface area contributed by atoms with Crippen molar-refractivity contribution in [2.45, 2.75) is 26.3 Å². The minimum Gasteiger partial charge on any atom is -0.494 e. The number of aryl methyl sites for hydroxylation is 1. The first-order chi connectivity index (χ1) is 11.3. The van der Waals surface area contributed by atoms with E-state index in [0.29, 0.717) is 0 Å². The standard InChI is InChI=1S/C18H25N3OS/c1-15-7-9-16(10-8-15)22-12-4-3-11-20-18(19-2)21-14-17-6-5-13-23-17/h5-10,13H,3-4,11-12,14H2,1-2H3,(H2,19,20,21). The first-order valence-electron chi connectivity index (χ1n) is 7.94. The summed E-state index contributed by atoms with van der Waals surface area (Å²) in [7, 11) is 1.80. The molecule has 1 aromatic carbocycles.